The van der Waals surface area contributed by atoms with Crippen LogP contribution >= 0.6 is 11.6 Å². The first-order valence-corrected chi connectivity index (χ1v) is 9.50. The highest BCUT2D eigenvalue weighted by atomic mass is 35.5. The summed E-state index contributed by atoms with van der Waals surface area (Å²) in [5.74, 6) is 0.233. The van der Waals surface area contributed by atoms with E-state index >= 15 is 0 Å². The molecule has 2 N–H and O–H groups in total. The molecule has 30 heavy (non-hydrogen) atoms. The summed E-state index contributed by atoms with van der Waals surface area (Å²) >= 11 is 6.16. The number of hydrogen-bond acceptors (Lipinski definition) is 4. The van der Waals surface area contributed by atoms with Gasteiger partial charge in [-0.3, -0.25) is 9.59 Å². The third-order valence-corrected chi connectivity index (χ3v) is 4.92. The van der Waals surface area contributed by atoms with E-state index < -0.39 is 0 Å². The number of nitrogens with one attached hydrogen (secondary N) is 2. The SMILES string of the molecule is Cc1c(Cl)cccc1-c1ccc(C(=O)Nc2ccc(NC(=O)c3ccco3)cc2)o1. The van der Waals surface area contributed by atoms with E-state index in [4.69, 9.17) is 20.4 Å². The highest BCUT2D eigenvalue weighted by molar-refractivity contribution is 6.31. The molecule has 0 atom stereocenters. The maximum absolute atomic E-state index is 12.5. The lowest BCUT2D eigenvalue weighted by atomic mass is 10.1. The first kappa shape index (κ1) is 19.5. The smallest absolute Gasteiger partial charge is 0.291 e. The van der Waals surface area contributed by atoms with E-state index in [2.05, 4.69) is 10.6 Å². The van der Waals surface area contributed by atoms with E-state index in [9.17, 15) is 9.59 Å². The predicted molar refractivity (Wildman–Crippen MR) is 115 cm³/mol. The lowest BCUT2D eigenvalue weighted by Gasteiger charge is -2.07. The Morgan fingerprint density at radius 3 is 2.10 bits per heavy atom. The second-order valence-electron chi connectivity index (χ2n) is 6.54. The Labute approximate surface area is 177 Å². The van der Waals surface area contributed by atoms with Crippen molar-refractivity contribution in [1.82, 2.24) is 0 Å². The van der Waals surface area contributed by atoms with Gasteiger partial charge < -0.3 is 19.5 Å². The van der Waals surface area contributed by atoms with Gasteiger partial charge in [-0.15, -0.1) is 0 Å². The number of amides is 2. The van der Waals surface area contributed by atoms with Gasteiger partial charge in [-0.05, 0) is 67.1 Å². The van der Waals surface area contributed by atoms with Crippen LogP contribution in [0.4, 0.5) is 11.4 Å². The molecule has 0 radical (unpaired) electrons. The number of carbonyl (C=O) groups excluding carboxylic acids is 2. The van der Waals surface area contributed by atoms with Gasteiger partial charge in [0.15, 0.2) is 11.5 Å². The summed E-state index contributed by atoms with van der Waals surface area (Å²) in [5, 5.41) is 6.11. The summed E-state index contributed by atoms with van der Waals surface area (Å²) in [6.45, 7) is 1.89. The fourth-order valence-electron chi connectivity index (χ4n) is 2.91. The molecule has 150 valence electrons. The van der Waals surface area contributed by atoms with Crippen LogP contribution in [0.2, 0.25) is 5.02 Å². The van der Waals surface area contributed by atoms with Gasteiger partial charge >= 0.3 is 0 Å². The predicted octanol–water partition coefficient (Wildman–Crippen LogP) is 6.01. The van der Waals surface area contributed by atoms with Gasteiger partial charge in [-0.2, -0.15) is 0 Å². The lowest BCUT2D eigenvalue weighted by molar-refractivity contribution is 0.0989. The average molecular weight is 421 g/mol. The Morgan fingerprint density at radius 1 is 0.800 bits per heavy atom. The number of furan rings is 2. The molecule has 0 saturated heterocycles. The first-order valence-electron chi connectivity index (χ1n) is 9.13. The zero-order valence-corrected chi connectivity index (χ0v) is 16.7. The van der Waals surface area contributed by atoms with Crippen molar-refractivity contribution < 1.29 is 18.4 Å². The molecule has 0 aliphatic rings. The fourth-order valence-corrected chi connectivity index (χ4v) is 3.08. The Balaban J connectivity index is 1.42. The van der Waals surface area contributed by atoms with Crippen LogP contribution in [0.5, 0.6) is 0 Å². The molecule has 7 heteroatoms. The minimum absolute atomic E-state index is 0.180. The molecule has 0 spiro atoms. The van der Waals surface area contributed by atoms with Gasteiger partial charge in [0.2, 0.25) is 0 Å². The molecule has 0 fully saturated rings. The summed E-state index contributed by atoms with van der Waals surface area (Å²) in [6.07, 6.45) is 1.43. The second-order valence-corrected chi connectivity index (χ2v) is 6.95. The minimum atomic E-state index is -0.381. The zero-order chi connectivity index (χ0) is 21.1. The topological polar surface area (TPSA) is 84.5 Å². The molecule has 0 unspecified atom stereocenters. The van der Waals surface area contributed by atoms with Gasteiger partial charge in [0, 0.05) is 22.0 Å². The van der Waals surface area contributed by atoms with Gasteiger partial charge in [0.1, 0.15) is 5.76 Å². The van der Waals surface area contributed by atoms with E-state index in [0.717, 1.165) is 11.1 Å². The van der Waals surface area contributed by atoms with Crippen LogP contribution in [0.25, 0.3) is 11.3 Å². The fraction of sp³-hybridized carbons (Fsp3) is 0.0435. The van der Waals surface area contributed by atoms with Crippen LogP contribution in [0.1, 0.15) is 26.7 Å². The van der Waals surface area contributed by atoms with Crippen molar-refractivity contribution in [3.05, 3.63) is 95.1 Å². The number of benzene rings is 2. The molecular formula is C23H17ClN2O4. The number of rotatable bonds is 5. The van der Waals surface area contributed by atoms with E-state index in [1.807, 2.05) is 19.1 Å². The summed E-state index contributed by atoms with van der Waals surface area (Å²) in [6, 6.07) is 18.8. The number of carbonyl (C=O) groups is 2. The van der Waals surface area contributed by atoms with Gasteiger partial charge in [0.05, 0.1) is 6.26 Å². The molecule has 2 heterocycles. The highest BCUT2D eigenvalue weighted by Crippen LogP contribution is 2.30. The van der Waals surface area contributed by atoms with Gasteiger partial charge in [0.25, 0.3) is 11.8 Å². The maximum atomic E-state index is 12.5. The third-order valence-electron chi connectivity index (χ3n) is 4.51. The molecule has 2 aromatic heterocycles. The summed E-state index contributed by atoms with van der Waals surface area (Å²) in [5.41, 5.74) is 2.85. The molecule has 0 aliphatic heterocycles. The monoisotopic (exact) mass is 420 g/mol. The van der Waals surface area contributed by atoms with E-state index in [1.165, 1.54) is 6.26 Å². The van der Waals surface area contributed by atoms with E-state index in [1.54, 1.807) is 54.6 Å². The Bertz CT molecular complexity index is 1190. The van der Waals surface area contributed by atoms with Crippen molar-refractivity contribution in [3.8, 4) is 11.3 Å². The molecular weight excluding hydrogens is 404 g/mol. The van der Waals surface area contributed by atoms with Crippen molar-refractivity contribution in [3.63, 3.8) is 0 Å². The highest BCUT2D eigenvalue weighted by Gasteiger charge is 2.15. The summed E-state index contributed by atoms with van der Waals surface area (Å²) < 4.78 is 10.8. The van der Waals surface area contributed by atoms with Crippen LogP contribution < -0.4 is 10.6 Å². The molecule has 2 aromatic carbocycles. The number of halogens is 1. The van der Waals surface area contributed by atoms with Crippen molar-refractivity contribution in [2.24, 2.45) is 0 Å². The van der Waals surface area contributed by atoms with Crippen LogP contribution in [0.15, 0.2) is 81.8 Å². The van der Waals surface area contributed by atoms with Crippen molar-refractivity contribution >= 4 is 34.8 Å². The summed E-state index contributed by atoms with van der Waals surface area (Å²) in [7, 11) is 0. The molecule has 0 saturated carbocycles. The molecule has 4 rings (SSSR count). The van der Waals surface area contributed by atoms with Crippen LogP contribution in [-0.2, 0) is 0 Å². The van der Waals surface area contributed by atoms with E-state index in [-0.39, 0.29) is 23.3 Å². The van der Waals surface area contributed by atoms with Crippen molar-refractivity contribution in [2.45, 2.75) is 6.92 Å². The van der Waals surface area contributed by atoms with Gasteiger partial charge in [-0.1, -0.05) is 23.7 Å². The molecule has 0 aliphatic carbocycles. The second kappa shape index (κ2) is 8.31. The number of anilines is 2. The van der Waals surface area contributed by atoms with Crippen LogP contribution in [-0.4, -0.2) is 11.8 Å². The van der Waals surface area contributed by atoms with Crippen molar-refractivity contribution in [1.29, 1.82) is 0 Å². The van der Waals surface area contributed by atoms with E-state index in [0.29, 0.717) is 22.2 Å². The minimum Gasteiger partial charge on any atom is -0.459 e. The standard InChI is InChI=1S/C23H17ClN2O4/c1-14-17(4-2-5-18(14)24)19-11-12-21(30-19)23(28)26-16-9-7-15(8-10-16)25-22(27)20-6-3-13-29-20/h2-13H,1H3,(H,25,27)(H,26,28). The first-order chi connectivity index (χ1) is 14.5. The third kappa shape index (κ3) is 4.14. The summed E-state index contributed by atoms with van der Waals surface area (Å²) in [4.78, 5) is 24.5. The molecule has 6 nitrogen and oxygen atoms in total. The van der Waals surface area contributed by atoms with Crippen molar-refractivity contribution in [2.75, 3.05) is 10.6 Å². The van der Waals surface area contributed by atoms with Crippen LogP contribution in [0.3, 0.4) is 0 Å². The molecule has 4 aromatic rings. The Kier molecular flexibility index (Phi) is 5.41. The Morgan fingerprint density at radius 2 is 1.47 bits per heavy atom. The normalized spacial score (nSPS) is 10.6. The van der Waals surface area contributed by atoms with Gasteiger partial charge in [-0.25, -0.2) is 0 Å². The zero-order valence-electron chi connectivity index (χ0n) is 15.9. The lowest BCUT2D eigenvalue weighted by Crippen LogP contribution is -2.12. The maximum Gasteiger partial charge on any atom is 0.291 e. The number of hydrogen-bond donors (Lipinski definition) is 2. The average Bonchev–Trinajstić information content (AvgIpc) is 3.44. The van der Waals surface area contributed by atoms with Crippen LogP contribution in [0, 0.1) is 6.92 Å². The quantitative estimate of drug-likeness (QED) is 0.414. The molecule has 2 amide bonds. The largest absolute Gasteiger partial charge is 0.459 e. The molecule has 0 bridgehead atoms. The Hall–Kier alpha value is -3.77.